The second-order valence-corrected chi connectivity index (χ2v) is 17.2. The second kappa shape index (κ2) is 11.0. The molecule has 2 heterocycles. The summed E-state index contributed by atoms with van der Waals surface area (Å²) in [6.07, 6.45) is 5.07. The van der Waals surface area contributed by atoms with Gasteiger partial charge in [0, 0.05) is 18.4 Å². The Morgan fingerprint density at radius 2 is 1.73 bits per heavy atom. The van der Waals surface area contributed by atoms with Crippen LogP contribution in [0.25, 0.3) is 0 Å². The Labute approximate surface area is 222 Å². The van der Waals surface area contributed by atoms with Crippen molar-refractivity contribution in [1.82, 2.24) is 9.88 Å². The van der Waals surface area contributed by atoms with Gasteiger partial charge in [-0.3, -0.25) is 9.88 Å². The van der Waals surface area contributed by atoms with Crippen LogP contribution < -0.4 is 0 Å². The molecule has 37 heavy (non-hydrogen) atoms. The molecule has 202 valence electrons. The number of pyridine rings is 1. The fourth-order valence-electron chi connectivity index (χ4n) is 4.47. The van der Waals surface area contributed by atoms with Gasteiger partial charge >= 0.3 is 12.1 Å². The molecule has 0 saturated carbocycles. The summed E-state index contributed by atoms with van der Waals surface area (Å²) in [5.41, 5.74) is 1.54. The number of carboxylic acids is 1. The van der Waals surface area contributed by atoms with Crippen LogP contribution in [-0.4, -0.2) is 53.1 Å². The maximum atomic E-state index is 13.7. The van der Waals surface area contributed by atoms with Gasteiger partial charge in [-0.1, -0.05) is 39.0 Å². The molecule has 1 aromatic carbocycles. The van der Waals surface area contributed by atoms with E-state index in [0.717, 1.165) is 24.0 Å². The Bertz CT molecular complexity index is 1070. The fourth-order valence-corrected chi connectivity index (χ4v) is 5.75. The number of hydrogen-bond acceptors (Lipinski definition) is 5. The number of likely N-dealkylation sites (tertiary alicyclic amines) is 1. The molecule has 1 unspecified atom stereocenters. The van der Waals surface area contributed by atoms with Crippen molar-refractivity contribution >= 4 is 20.4 Å². The number of carbonyl (C=O) groups is 2. The Morgan fingerprint density at radius 1 is 1.08 bits per heavy atom. The van der Waals surface area contributed by atoms with Gasteiger partial charge in [-0.2, -0.15) is 0 Å². The van der Waals surface area contributed by atoms with Crippen molar-refractivity contribution in [3.8, 4) is 0 Å². The molecule has 2 aromatic rings. The molecule has 1 amide bonds. The van der Waals surface area contributed by atoms with Crippen LogP contribution in [0, 0.1) is 0 Å². The first kappa shape index (κ1) is 28.9. The van der Waals surface area contributed by atoms with Gasteiger partial charge in [0.1, 0.15) is 5.60 Å². The minimum Gasteiger partial charge on any atom is -0.478 e. The summed E-state index contributed by atoms with van der Waals surface area (Å²) in [4.78, 5) is 31.2. The van der Waals surface area contributed by atoms with E-state index in [1.54, 1.807) is 18.3 Å². The second-order valence-electron chi connectivity index (χ2n) is 12.5. The molecule has 8 heteroatoms. The average molecular weight is 527 g/mol. The van der Waals surface area contributed by atoms with Crippen LogP contribution in [-0.2, 0) is 15.6 Å². The lowest BCUT2D eigenvalue weighted by molar-refractivity contribution is -0.00244. The third-order valence-corrected chi connectivity index (χ3v) is 11.9. The zero-order valence-electron chi connectivity index (χ0n) is 23.4. The topological polar surface area (TPSA) is 89.0 Å². The molecule has 0 aliphatic carbocycles. The smallest absolute Gasteiger partial charge is 0.410 e. The SMILES string of the molecule is CC(C)(C)OC(=O)N1[C@H](Cc2ccc(C(=O)O)cc2)CC[C@@H]1C(O[Si](C)(C)C(C)(C)C)c1cccnc1. The van der Waals surface area contributed by atoms with Gasteiger partial charge in [0.2, 0.25) is 0 Å². The lowest BCUT2D eigenvalue weighted by Gasteiger charge is -2.43. The first-order valence-corrected chi connectivity index (χ1v) is 15.9. The number of amides is 1. The molecule has 3 atom stereocenters. The fraction of sp³-hybridized carbons (Fsp3) is 0.552. The van der Waals surface area contributed by atoms with Crippen molar-refractivity contribution < 1.29 is 23.9 Å². The van der Waals surface area contributed by atoms with E-state index in [2.05, 4.69) is 38.8 Å². The predicted octanol–water partition coefficient (Wildman–Crippen LogP) is 6.85. The monoisotopic (exact) mass is 526 g/mol. The minimum atomic E-state index is -2.20. The number of carbonyl (C=O) groups excluding carboxylic acids is 1. The molecular weight excluding hydrogens is 484 g/mol. The molecule has 1 aliphatic rings. The van der Waals surface area contributed by atoms with E-state index in [-0.39, 0.29) is 34.9 Å². The van der Waals surface area contributed by atoms with Crippen molar-refractivity contribution in [2.75, 3.05) is 0 Å². The summed E-state index contributed by atoms with van der Waals surface area (Å²) >= 11 is 0. The summed E-state index contributed by atoms with van der Waals surface area (Å²) < 4.78 is 12.9. The van der Waals surface area contributed by atoms with Crippen LogP contribution in [0.5, 0.6) is 0 Å². The molecular formula is C29H42N2O5Si. The van der Waals surface area contributed by atoms with Gasteiger partial charge in [-0.25, -0.2) is 9.59 Å². The molecule has 0 radical (unpaired) electrons. The zero-order chi connectivity index (χ0) is 27.6. The number of rotatable bonds is 7. The van der Waals surface area contributed by atoms with Gasteiger partial charge in [0.15, 0.2) is 8.32 Å². The number of aromatic nitrogens is 1. The van der Waals surface area contributed by atoms with Crippen LogP contribution in [0.4, 0.5) is 4.79 Å². The minimum absolute atomic E-state index is 0.00585. The van der Waals surface area contributed by atoms with E-state index in [1.165, 1.54) is 0 Å². The van der Waals surface area contributed by atoms with E-state index in [9.17, 15) is 14.7 Å². The largest absolute Gasteiger partial charge is 0.478 e. The first-order valence-electron chi connectivity index (χ1n) is 13.0. The highest BCUT2D eigenvalue weighted by molar-refractivity contribution is 6.74. The summed E-state index contributed by atoms with van der Waals surface area (Å²) in [6.45, 7) is 16.7. The van der Waals surface area contributed by atoms with Crippen LogP contribution in [0.15, 0.2) is 48.8 Å². The van der Waals surface area contributed by atoms with Gasteiger partial charge in [0.25, 0.3) is 0 Å². The van der Waals surface area contributed by atoms with E-state index >= 15 is 0 Å². The molecule has 1 N–H and O–H groups in total. The quantitative estimate of drug-likeness (QED) is 0.397. The summed E-state index contributed by atoms with van der Waals surface area (Å²) in [6, 6.07) is 10.5. The number of hydrogen-bond donors (Lipinski definition) is 1. The van der Waals surface area contributed by atoms with Crippen LogP contribution in [0.1, 0.15) is 82.0 Å². The predicted molar refractivity (Wildman–Crippen MR) is 147 cm³/mol. The van der Waals surface area contributed by atoms with E-state index in [1.807, 2.05) is 56.1 Å². The summed E-state index contributed by atoms with van der Waals surface area (Å²) in [5, 5.41) is 9.25. The van der Waals surface area contributed by atoms with Crippen molar-refractivity contribution in [2.45, 2.75) is 103 Å². The molecule has 1 fully saturated rings. The molecule has 1 saturated heterocycles. The molecule has 3 rings (SSSR count). The molecule has 0 spiro atoms. The van der Waals surface area contributed by atoms with Crippen molar-refractivity contribution in [3.63, 3.8) is 0 Å². The highest BCUT2D eigenvalue weighted by atomic mass is 28.4. The van der Waals surface area contributed by atoms with E-state index in [0.29, 0.717) is 6.42 Å². The lowest BCUT2D eigenvalue weighted by atomic mass is 10.0. The van der Waals surface area contributed by atoms with E-state index in [4.69, 9.17) is 9.16 Å². The van der Waals surface area contributed by atoms with Crippen molar-refractivity contribution in [1.29, 1.82) is 0 Å². The standard InChI is InChI=1S/C29H42N2O5Si/c1-28(2,3)35-27(34)31-23(18-20-11-13-21(14-12-20)26(32)33)15-16-24(31)25(22-10-9-17-30-19-22)36-37(7,8)29(4,5)6/h9-14,17,19,23-25H,15-16,18H2,1-8H3,(H,32,33)/t23-,24+,25?/m0/s1. The van der Waals surface area contributed by atoms with Crippen molar-refractivity contribution in [2.24, 2.45) is 0 Å². The lowest BCUT2D eigenvalue weighted by Crippen LogP contribution is -2.50. The maximum Gasteiger partial charge on any atom is 0.410 e. The normalized spacial score (nSPS) is 19.5. The average Bonchev–Trinajstić information content (AvgIpc) is 3.20. The zero-order valence-corrected chi connectivity index (χ0v) is 24.4. The van der Waals surface area contributed by atoms with Crippen LogP contribution >= 0.6 is 0 Å². The Kier molecular flexibility index (Phi) is 8.54. The third-order valence-electron chi connectivity index (χ3n) is 7.41. The molecule has 7 nitrogen and oxygen atoms in total. The Balaban J connectivity index is 1.99. The third kappa shape index (κ3) is 7.20. The van der Waals surface area contributed by atoms with Crippen LogP contribution in [0.2, 0.25) is 18.1 Å². The number of nitrogens with zero attached hydrogens (tertiary/aromatic N) is 2. The number of aromatic carboxylic acids is 1. The first-order chi connectivity index (χ1) is 17.1. The molecule has 0 bridgehead atoms. The van der Waals surface area contributed by atoms with Gasteiger partial charge in [-0.05, 0) is 87.5 Å². The summed E-state index contributed by atoms with van der Waals surface area (Å²) in [7, 11) is -2.20. The molecule has 1 aliphatic heterocycles. The van der Waals surface area contributed by atoms with Gasteiger partial charge in [0.05, 0.1) is 17.7 Å². The van der Waals surface area contributed by atoms with E-state index < -0.39 is 19.9 Å². The van der Waals surface area contributed by atoms with Crippen LogP contribution in [0.3, 0.4) is 0 Å². The van der Waals surface area contributed by atoms with Crippen molar-refractivity contribution in [3.05, 3.63) is 65.5 Å². The Hall–Kier alpha value is -2.71. The highest BCUT2D eigenvalue weighted by Gasteiger charge is 2.47. The van der Waals surface area contributed by atoms with Gasteiger partial charge < -0.3 is 14.3 Å². The number of carboxylic acid groups (broad SMARTS) is 1. The number of ether oxygens (including phenoxy) is 1. The summed E-state index contributed by atoms with van der Waals surface area (Å²) in [5.74, 6) is -0.954. The molecule has 1 aromatic heterocycles. The Morgan fingerprint density at radius 3 is 2.24 bits per heavy atom. The van der Waals surface area contributed by atoms with Gasteiger partial charge in [-0.15, -0.1) is 0 Å². The number of benzene rings is 1. The highest BCUT2D eigenvalue weighted by Crippen LogP contribution is 2.44. The maximum absolute atomic E-state index is 13.7.